The molecule has 0 radical (unpaired) electrons. The normalized spacial score (nSPS) is 12.3. The quantitative estimate of drug-likeness (QED) is 0.614. The molecule has 86 valence electrons. The lowest BCUT2D eigenvalue weighted by Gasteiger charge is -2.19. The van der Waals surface area contributed by atoms with Gasteiger partial charge < -0.3 is 5.32 Å². The average molecular weight is 222 g/mol. The summed E-state index contributed by atoms with van der Waals surface area (Å²) < 4.78 is 25.0. The van der Waals surface area contributed by atoms with Crippen LogP contribution in [0, 0.1) is 0 Å². The van der Waals surface area contributed by atoms with Gasteiger partial charge in [-0.05, 0) is 13.0 Å². The van der Waals surface area contributed by atoms with Gasteiger partial charge in [0.1, 0.15) is 0 Å². The summed E-state index contributed by atoms with van der Waals surface area (Å²) in [5.41, 5.74) is 0. The van der Waals surface area contributed by atoms with Gasteiger partial charge >= 0.3 is 0 Å². The van der Waals surface area contributed by atoms with Crippen LogP contribution >= 0.6 is 0 Å². The van der Waals surface area contributed by atoms with E-state index in [4.69, 9.17) is 0 Å². The summed E-state index contributed by atoms with van der Waals surface area (Å²) in [6.07, 6.45) is 0.869. The lowest BCUT2D eigenvalue weighted by atomic mass is 10.5. The fraction of sp³-hybridized carbons (Fsp3) is 1.00. The summed E-state index contributed by atoms with van der Waals surface area (Å²) >= 11 is 0. The molecule has 0 aliphatic rings. The van der Waals surface area contributed by atoms with Gasteiger partial charge in [0.2, 0.25) is 10.0 Å². The summed E-state index contributed by atoms with van der Waals surface area (Å²) in [7, 11) is -3.04. The van der Waals surface area contributed by atoms with Gasteiger partial charge in [0.05, 0.1) is 5.75 Å². The number of nitrogens with one attached hydrogen (secondary N) is 1. The van der Waals surface area contributed by atoms with E-state index in [2.05, 4.69) is 5.32 Å². The molecule has 1 N–H and O–H groups in total. The maximum absolute atomic E-state index is 11.7. The molecule has 0 spiro atoms. The predicted molar refractivity (Wildman–Crippen MR) is 59.9 cm³/mol. The molecule has 0 aliphatic heterocycles. The molecule has 0 fully saturated rings. The fourth-order valence-corrected chi connectivity index (χ4v) is 2.76. The number of sulfonamides is 1. The van der Waals surface area contributed by atoms with Gasteiger partial charge in [-0.25, -0.2) is 12.7 Å². The minimum absolute atomic E-state index is 0.203. The van der Waals surface area contributed by atoms with E-state index in [0.717, 1.165) is 13.0 Å². The van der Waals surface area contributed by atoms with Crippen molar-refractivity contribution in [2.24, 2.45) is 0 Å². The van der Waals surface area contributed by atoms with Crippen molar-refractivity contribution in [3.63, 3.8) is 0 Å². The first-order valence-electron chi connectivity index (χ1n) is 5.27. The molecule has 0 heterocycles. The van der Waals surface area contributed by atoms with E-state index in [1.165, 1.54) is 0 Å². The average Bonchev–Trinajstić information content (AvgIpc) is 2.14. The van der Waals surface area contributed by atoms with Gasteiger partial charge in [-0.15, -0.1) is 0 Å². The van der Waals surface area contributed by atoms with Crippen molar-refractivity contribution in [1.82, 2.24) is 9.62 Å². The zero-order valence-electron chi connectivity index (χ0n) is 9.41. The molecule has 0 unspecified atom stereocenters. The maximum Gasteiger partial charge on any atom is 0.215 e. The van der Waals surface area contributed by atoms with Crippen molar-refractivity contribution in [1.29, 1.82) is 0 Å². The highest BCUT2D eigenvalue weighted by Crippen LogP contribution is 2.01. The molecule has 0 aromatic carbocycles. The molecule has 0 amide bonds. The Hall–Kier alpha value is -0.130. The highest BCUT2D eigenvalue weighted by molar-refractivity contribution is 7.89. The van der Waals surface area contributed by atoms with Crippen LogP contribution in [0.25, 0.3) is 0 Å². The maximum atomic E-state index is 11.7. The van der Waals surface area contributed by atoms with E-state index in [0.29, 0.717) is 19.6 Å². The van der Waals surface area contributed by atoms with E-state index in [9.17, 15) is 8.42 Å². The summed E-state index contributed by atoms with van der Waals surface area (Å²) in [6.45, 7) is 8.39. The first kappa shape index (κ1) is 13.9. The minimum Gasteiger partial charge on any atom is -0.316 e. The number of hydrogen-bond acceptors (Lipinski definition) is 3. The molecule has 0 atom stereocenters. The van der Waals surface area contributed by atoms with Crippen LogP contribution < -0.4 is 5.32 Å². The van der Waals surface area contributed by atoms with E-state index in [-0.39, 0.29) is 5.75 Å². The fourth-order valence-electron chi connectivity index (χ4n) is 1.25. The minimum atomic E-state index is -3.04. The first-order chi connectivity index (χ1) is 6.58. The molecule has 0 aliphatic carbocycles. The standard InChI is InChI=1S/C9H22N2O2S/c1-4-8-11(6-3)14(12,13)9-7-10-5-2/h10H,4-9H2,1-3H3. The van der Waals surface area contributed by atoms with Gasteiger partial charge in [-0.1, -0.05) is 20.8 Å². The Kier molecular flexibility index (Phi) is 7.13. The lowest BCUT2D eigenvalue weighted by molar-refractivity contribution is 0.426. The zero-order chi connectivity index (χ0) is 11.0. The lowest BCUT2D eigenvalue weighted by Crippen LogP contribution is -2.36. The molecular formula is C9H22N2O2S. The summed E-state index contributed by atoms with van der Waals surface area (Å²) in [4.78, 5) is 0. The summed E-state index contributed by atoms with van der Waals surface area (Å²) in [5, 5.41) is 3.02. The van der Waals surface area contributed by atoms with Crippen LogP contribution in [0.1, 0.15) is 27.2 Å². The first-order valence-corrected chi connectivity index (χ1v) is 6.87. The summed E-state index contributed by atoms with van der Waals surface area (Å²) in [6, 6.07) is 0. The second kappa shape index (κ2) is 7.20. The Morgan fingerprint density at radius 3 is 2.29 bits per heavy atom. The Balaban J connectivity index is 4.12. The topological polar surface area (TPSA) is 49.4 Å². The molecular weight excluding hydrogens is 200 g/mol. The predicted octanol–water partition coefficient (Wildman–Crippen LogP) is 0.658. The molecule has 0 aromatic rings. The molecule has 0 saturated heterocycles. The Bertz CT molecular complexity index is 227. The highest BCUT2D eigenvalue weighted by atomic mass is 32.2. The van der Waals surface area contributed by atoms with Crippen molar-refractivity contribution in [3.05, 3.63) is 0 Å². The molecule has 0 bridgehead atoms. The van der Waals surface area contributed by atoms with Gasteiger partial charge in [0, 0.05) is 19.6 Å². The molecule has 0 aromatic heterocycles. The number of hydrogen-bond donors (Lipinski definition) is 1. The van der Waals surface area contributed by atoms with Crippen LogP contribution in [0.3, 0.4) is 0 Å². The largest absolute Gasteiger partial charge is 0.316 e. The number of nitrogens with zero attached hydrogens (tertiary/aromatic N) is 1. The SMILES string of the molecule is CCCN(CC)S(=O)(=O)CCNCC. The van der Waals surface area contributed by atoms with E-state index < -0.39 is 10.0 Å². The zero-order valence-corrected chi connectivity index (χ0v) is 10.2. The van der Waals surface area contributed by atoms with E-state index in [1.54, 1.807) is 4.31 Å². The Morgan fingerprint density at radius 2 is 1.86 bits per heavy atom. The third-order valence-electron chi connectivity index (χ3n) is 2.01. The van der Waals surface area contributed by atoms with Gasteiger partial charge in [-0.2, -0.15) is 0 Å². The second-order valence-corrected chi connectivity index (χ2v) is 5.25. The molecule has 14 heavy (non-hydrogen) atoms. The highest BCUT2D eigenvalue weighted by Gasteiger charge is 2.18. The van der Waals surface area contributed by atoms with Gasteiger partial charge in [0.15, 0.2) is 0 Å². The number of rotatable bonds is 8. The molecule has 4 nitrogen and oxygen atoms in total. The van der Waals surface area contributed by atoms with Crippen LogP contribution in [0.2, 0.25) is 0 Å². The van der Waals surface area contributed by atoms with Crippen LogP contribution in [0.4, 0.5) is 0 Å². The van der Waals surface area contributed by atoms with Crippen molar-refractivity contribution < 1.29 is 8.42 Å². The second-order valence-electron chi connectivity index (χ2n) is 3.16. The van der Waals surface area contributed by atoms with Gasteiger partial charge in [0.25, 0.3) is 0 Å². The van der Waals surface area contributed by atoms with Crippen molar-refractivity contribution >= 4 is 10.0 Å². The van der Waals surface area contributed by atoms with Crippen LogP contribution in [0.15, 0.2) is 0 Å². The summed E-state index contributed by atoms with van der Waals surface area (Å²) in [5.74, 6) is 0.203. The van der Waals surface area contributed by atoms with E-state index in [1.807, 2.05) is 20.8 Å². The van der Waals surface area contributed by atoms with Crippen LogP contribution in [0.5, 0.6) is 0 Å². The van der Waals surface area contributed by atoms with Crippen molar-refractivity contribution in [3.8, 4) is 0 Å². The Labute approximate surface area is 87.7 Å². The van der Waals surface area contributed by atoms with E-state index >= 15 is 0 Å². The third-order valence-corrected chi connectivity index (χ3v) is 3.95. The molecule has 0 rings (SSSR count). The van der Waals surface area contributed by atoms with Crippen molar-refractivity contribution in [2.75, 3.05) is 31.9 Å². The molecule has 0 saturated carbocycles. The van der Waals surface area contributed by atoms with Crippen LogP contribution in [-0.2, 0) is 10.0 Å². The smallest absolute Gasteiger partial charge is 0.215 e. The van der Waals surface area contributed by atoms with Crippen LogP contribution in [-0.4, -0.2) is 44.7 Å². The van der Waals surface area contributed by atoms with Crippen molar-refractivity contribution in [2.45, 2.75) is 27.2 Å². The monoisotopic (exact) mass is 222 g/mol. The van der Waals surface area contributed by atoms with Gasteiger partial charge in [-0.3, -0.25) is 0 Å². The molecule has 5 heteroatoms. The third kappa shape index (κ3) is 4.93. The Morgan fingerprint density at radius 1 is 1.21 bits per heavy atom.